The highest BCUT2D eigenvalue weighted by Gasteiger charge is 2.39. The normalized spacial score (nSPS) is 18.8. The van der Waals surface area contributed by atoms with Gasteiger partial charge in [0.05, 0.1) is 0 Å². The minimum atomic E-state index is -0.130. The van der Waals surface area contributed by atoms with Crippen LogP contribution in [-0.2, 0) is 9.53 Å². The number of amides is 1. The number of hydrogen-bond acceptors (Lipinski definition) is 2. The average Bonchev–Trinajstić information content (AvgIpc) is 2.27. The Morgan fingerprint density at radius 3 is 2.11 bits per heavy atom. The molecule has 0 N–H and O–H groups in total. The standard InChI is InChI=1S/C15H29NO2/c1-14(2,3)15(4,5)16(6)13(17)11-12-7-9-18-10-8-12/h12H,7-11H2,1-6H3. The molecule has 3 heteroatoms. The Morgan fingerprint density at radius 1 is 1.17 bits per heavy atom. The van der Waals surface area contributed by atoms with Crippen LogP contribution in [0, 0.1) is 11.3 Å². The molecular weight excluding hydrogens is 226 g/mol. The smallest absolute Gasteiger partial charge is 0.223 e. The van der Waals surface area contributed by atoms with Crippen molar-refractivity contribution in [3.05, 3.63) is 0 Å². The Labute approximate surface area is 112 Å². The van der Waals surface area contributed by atoms with Gasteiger partial charge in [-0.1, -0.05) is 20.8 Å². The third-order valence-corrected chi connectivity index (χ3v) is 4.85. The maximum Gasteiger partial charge on any atom is 0.223 e. The molecule has 1 fully saturated rings. The molecule has 18 heavy (non-hydrogen) atoms. The first-order valence-electron chi connectivity index (χ1n) is 7.00. The quantitative estimate of drug-likeness (QED) is 0.775. The van der Waals surface area contributed by atoms with Crippen molar-refractivity contribution in [1.29, 1.82) is 0 Å². The van der Waals surface area contributed by atoms with Crippen molar-refractivity contribution in [2.45, 2.75) is 59.4 Å². The highest BCUT2D eigenvalue weighted by molar-refractivity contribution is 5.77. The molecule has 0 bridgehead atoms. The van der Waals surface area contributed by atoms with Gasteiger partial charge in [-0.05, 0) is 38.0 Å². The topological polar surface area (TPSA) is 29.5 Å². The lowest BCUT2D eigenvalue weighted by molar-refractivity contribution is -0.140. The van der Waals surface area contributed by atoms with Crippen molar-refractivity contribution in [3.8, 4) is 0 Å². The van der Waals surface area contributed by atoms with E-state index < -0.39 is 0 Å². The summed E-state index contributed by atoms with van der Waals surface area (Å²) in [5.74, 6) is 0.770. The number of carbonyl (C=O) groups excluding carboxylic acids is 1. The molecule has 1 heterocycles. The van der Waals surface area contributed by atoms with Gasteiger partial charge in [0, 0.05) is 32.2 Å². The molecule has 0 radical (unpaired) electrons. The summed E-state index contributed by atoms with van der Waals surface area (Å²) in [7, 11) is 1.94. The lowest BCUT2D eigenvalue weighted by atomic mass is 9.75. The summed E-state index contributed by atoms with van der Waals surface area (Å²) in [4.78, 5) is 14.3. The van der Waals surface area contributed by atoms with Crippen LogP contribution in [0.15, 0.2) is 0 Å². The van der Waals surface area contributed by atoms with E-state index in [0.29, 0.717) is 12.3 Å². The van der Waals surface area contributed by atoms with E-state index in [1.54, 1.807) is 0 Å². The molecule has 0 saturated carbocycles. The van der Waals surface area contributed by atoms with E-state index in [1.807, 2.05) is 11.9 Å². The average molecular weight is 255 g/mol. The Balaban J connectivity index is 2.60. The second-order valence-corrected chi connectivity index (χ2v) is 7.02. The zero-order valence-electron chi connectivity index (χ0n) is 12.9. The molecule has 1 aliphatic heterocycles. The van der Waals surface area contributed by atoms with E-state index in [0.717, 1.165) is 26.1 Å². The predicted molar refractivity (Wildman–Crippen MR) is 74.5 cm³/mol. The lowest BCUT2D eigenvalue weighted by Crippen LogP contribution is -2.53. The molecular formula is C15H29NO2. The first-order chi connectivity index (χ1) is 8.16. The first kappa shape index (κ1) is 15.5. The Kier molecular flexibility index (Phi) is 4.82. The summed E-state index contributed by atoms with van der Waals surface area (Å²) in [6, 6.07) is 0. The monoisotopic (exact) mass is 255 g/mol. The number of nitrogens with zero attached hydrogens (tertiary/aromatic N) is 1. The van der Waals surface area contributed by atoms with Gasteiger partial charge in [0.25, 0.3) is 0 Å². The molecule has 3 nitrogen and oxygen atoms in total. The van der Waals surface area contributed by atoms with E-state index >= 15 is 0 Å². The number of rotatable bonds is 3. The van der Waals surface area contributed by atoms with Crippen LogP contribution < -0.4 is 0 Å². The highest BCUT2D eigenvalue weighted by atomic mass is 16.5. The number of hydrogen-bond donors (Lipinski definition) is 0. The Morgan fingerprint density at radius 2 is 1.67 bits per heavy atom. The van der Waals surface area contributed by atoms with Gasteiger partial charge in [0.15, 0.2) is 0 Å². The summed E-state index contributed by atoms with van der Waals surface area (Å²) < 4.78 is 5.34. The maximum atomic E-state index is 12.4. The number of carbonyl (C=O) groups is 1. The molecule has 1 aliphatic rings. The minimum absolute atomic E-state index is 0.0765. The Hall–Kier alpha value is -0.570. The minimum Gasteiger partial charge on any atom is -0.381 e. The Bertz CT molecular complexity index is 285. The molecule has 0 atom stereocenters. The molecule has 1 saturated heterocycles. The summed E-state index contributed by atoms with van der Waals surface area (Å²) >= 11 is 0. The van der Waals surface area contributed by atoms with Gasteiger partial charge < -0.3 is 9.64 Å². The van der Waals surface area contributed by atoms with E-state index in [2.05, 4.69) is 34.6 Å². The van der Waals surface area contributed by atoms with Gasteiger partial charge in [-0.2, -0.15) is 0 Å². The second kappa shape index (κ2) is 5.60. The zero-order chi connectivity index (χ0) is 14.0. The van der Waals surface area contributed by atoms with Crippen LogP contribution in [0.1, 0.15) is 53.9 Å². The fourth-order valence-corrected chi connectivity index (χ4v) is 2.15. The molecule has 106 valence electrons. The zero-order valence-corrected chi connectivity index (χ0v) is 12.9. The third-order valence-electron chi connectivity index (χ3n) is 4.85. The van der Waals surface area contributed by atoms with Crippen LogP contribution in [0.3, 0.4) is 0 Å². The fourth-order valence-electron chi connectivity index (χ4n) is 2.15. The molecule has 1 rings (SSSR count). The van der Waals surface area contributed by atoms with Crippen LogP contribution in [0.2, 0.25) is 0 Å². The van der Waals surface area contributed by atoms with Gasteiger partial charge in [-0.15, -0.1) is 0 Å². The molecule has 0 aliphatic carbocycles. The molecule has 1 amide bonds. The first-order valence-corrected chi connectivity index (χ1v) is 7.00. The van der Waals surface area contributed by atoms with Crippen LogP contribution in [0.4, 0.5) is 0 Å². The van der Waals surface area contributed by atoms with Crippen molar-refractivity contribution in [2.24, 2.45) is 11.3 Å². The van der Waals surface area contributed by atoms with Gasteiger partial charge in [-0.3, -0.25) is 4.79 Å². The van der Waals surface area contributed by atoms with Crippen LogP contribution in [0.25, 0.3) is 0 Å². The summed E-state index contributed by atoms with van der Waals surface area (Å²) in [6.07, 6.45) is 2.71. The van der Waals surface area contributed by atoms with Crippen molar-refractivity contribution in [3.63, 3.8) is 0 Å². The molecule has 0 aromatic carbocycles. The summed E-state index contributed by atoms with van der Waals surface area (Å²) in [5.41, 5.74) is -0.0532. The largest absolute Gasteiger partial charge is 0.381 e. The van der Waals surface area contributed by atoms with Gasteiger partial charge >= 0.3 is 0 Å². The molecule has 0 aromatic rings. The van der Waals surface area contributed by atoms with Crippen LogP contribution >= 0.6 is 0 Å². The van der Waals surface area contributed by atoms with E-state index in [1.165, 1.54) is 0 Å². The lowest BCUT2D eigenvalue weighted by Gasteiger charge is -2.46. The highest BCUT2D eigenvalue weighted by Crippen LogP contribution is 2.35. The number of ether oxygens (including phenoxy) is 1. The molecule has 0 unspecified atom stereocenters. The van der Waals surface area contributed by atoms with Crippen molar-refractivity contribution in [1.82, 2.24) is 4.90 Å². The maximum absolute atomic E-state index is 12.4. The van der Waals surface area contributed by atoms with Gasteiger partial charge in [-0.25, -0.2) is 0 Å². The van der Waals surface area contributed by atoms with Crippen molar-refractivity contribution in [2.75, 3.05) is 20.3 Å². The predicted octanol–water partition coefficient (Wildman–Crippen LogP) is 3.09. The summed E-state index contributed by atoms with van der Waals surface area (Å²) in [5, 5.41) is 0. The molecule has 0 aromatic heterocycles. The van der Waals surface area contributed by atoms with Crippen LogP contribution in [-0.4, -0.2) is 36.6 Å². The van der Waals surface area contributed by atoms with Gasteiger partial charge in [0.1, 0.15) is 0 Å². The van der Waals surface area contributed by atoms with E-state index in [9.17, 15) is 4.79 Å². The van der Waals surface area contributed by atoms with E-state index in [-0.39, 0.29) is 16.9 Å². The van der Waals surface area contributed by atoms with Crippen molar-refractivity contribution < 1.29 is 9.53 Å². The SMILES string of the molecule is CN(C(=O)CC1CCOCC1)C(C)(C)C(C)(C)C. The third kappa shape index (κ3) is 3.47. The van der Waals surface area contributed by atoms with Crippen molar-refractivity contribution >= 4 is 5.91 Å². The summed E-state index contributed by atoms with van der Waals surface area (Å²) in [6.45, 7) is 12.5. The second-order valence-electron chi connectivity index (χ2n) is 7.02. The molecule has 0 spiro atoms. The van der Waals surface area contributed by atoms with E-state index in [4.69, 9.17) is 4.74 Å². The van der Waals surface area contributed by atoms with Crippen LogP contribution in [0.5, 0.6) is 0 Å². The fraction of sp³-hybridized carbons (Fsp3) is 0.933. The van der Waals surface area contributed by atoms with Gasteiger partial charge in [0.2, 0.25) is 5.91 Å².